The second kappa shape index (κ2) is 12.3. The van der Waals surface area contributed by atoms with Gasteiger partial charge in [0.25, 0.3) is 5.91 Å². The lowest BCUT2D eigenvalue weighted by molar-refractivity contribution is 0.0142. The minimum absolute atomic E-state index is 0.0639. The summed E-state index contributed by atoms with van der Waals surface area (Å²) in [6, 6.07) is 7.63. The molecule has 1 saturated heterocycles. The number of hydrogen-bond donors (Lipinski definition) is 1. The first kappa shape index (κ1) is 29.2. The van der Waals surface area contributed by atoms with Crippen molar-refractivity contribution in [2.24, 2.45) is 5.92 Å². The van der Waals surface area contributed by atoms with Crippen LogP contribution < -0.4 is 0 Å². The van der Waals surface area contributed by atoms with E-state index < -0.39 is 5.60 Å². The molecule has 220 valence electrons. The molecule has 2 heterocycles. The fraction of sp³-hybridized carbons (Fsp3) is 0.594. The molecule has 2 saturated carbocycles. The van der Waals surface area contributed by atoms with Crippen LogP contribution in [0.25, 0.3) is 11.4 Å². The fourth-order valence-electron chi connectivity index (χ4n) is 5.91. The highest BCUT2D eigenvalue weighted by Gasteiger charge is 2.40. The maximum atomic E-state index is 13.6. The number of ether oxygens (including phenoxy) is 1. The van der Waals surface area contributed by atoms with Gasteiger partial charge in [-0.2, -0.15) is 0 Å². The zero-order valence-corrected chi connectivity index (χ0v) is 24.4. The Kier molecular flexibility index (Phi) is 8.73. The summed E-state index contributed by atoms with van der Waals surface area (Å²) in [6.45, 7) is 6.71. The lowest BCUT2D eigenvalue weighted by Gasteiger charge is -2.39. The molecule has 2 amide bonds. The quantitative estimate of drug-likeness (QED) is 0.457. The molecule has 1 aromatic heterocycles. The number of carbonyl (C=O) groups is 3. The predicted octanol–water partition coefficient (Wildman–Crippen LogP) is 5.27. The van der Waals surface area contributed by atoms with E-state index in [1.807, 2.05) is 49.9 Å². The van der Waals surface area contributed by atoms with Crippen LogP contribution in [0.15, 0.2) is 36.7 Å². The van der Waals surface area contributed by atoms with Gasteiger partial charge in [0.2, 0.25) is 0 Å². The number of aliphatic hydroxyl groups is 1. The largest absolute Gasteiger partial charge is 0.444 e. The Hall–Kier alpha value is -3.33. The van der Waals surface area contributed by atoms with E-state index in [9.17, 15) is 19.5 Å². The topological polar surface area (TPSA) is 113 Å². The van der Waals surface area contributed by atoms with E-state index in [0.29, 0.717) is 55.2 Å². The van der Waals surface area contributed by atoms with Crippen molar-refractivity contribution in [2.75, 3.05) is 13.1 Å². The number of nitrogens with zero attached hydrogens (tertiary/aromatic N) is 4. The van der Waals surface area contributed by atoms with Gasteiger partial charge in [-0.25, -0.2) is 14.8 Å². The number of carbonyl (C=O) groups excluding carboxylic acids is 3. The van der Waals surface area contributed by atoms with Crippen LogP contribution in [0, 0.1) is 5.92 Å². The number of benzene rings is 1. The van der Waals surface area contributed by atoms with E-state index in [1.165, 1.54) is 0 Å². The lowest BCUT2D eigenvalue weighted by Crippen LogP contribution is -2.50. The van der Waals surface area contributed by atoms with Gasteiger partial charge < -0.3 is 19.6 Å². The van der Waals surface area contributed by atoms with Crippen molar-refractivity contribution in [3.63, 3.8) is 0 Å². The first-order valence-electron chi connectivity index (χ1n) is 15.0. The molecule has 41 heavy (non-hydrogen) atoms. The van der Waals surface area contributed by atoms with Gasteiger partial charge in [-0.15, -0.1) is 0 Å². The molecule has 0 unspecified atom stereocenters. The highest BCUT2D eigenvalue weighted by molar-refractivity contribution is 5.96. The Balaban J connectivity index is 1.18. The average molecular weight is 563 g/mol. The standard InChI is InChI=1S/C32H42N4O5/c1-32(2,3)41-31(40)35-16-14-26(15-17-35)36(25-10-11-25)30(39)24-19-33-29(34-20-24)23-8-6-22(7-9-23)28(38)18-21-4-12-27(37)13-5-21/h6-9,19-21,25-27,37H,4-5,10-18H2,1-3H3. The summed E-state index contributed by atoms with van der Waals surface area (Å²) in [5.74, 6) is 0.903. The van der Waals surface area contributed by atoms with Crippen molar-refractivity contribution < 1.29 is 24.2 Å². The normalized spacial score (nSPS) is 21.8. The Morgan fingerprint density at radius 3 is 2.02 bits per heavy atom. The number of amides is 2. The van der Waals surface area contributed by atoms with E-state index in [-0.39, 0.29) is 36.0 Å². The summed E-state index contributed by atoms with van der Waals surface area (Å²) >= 11 is 0. The van der Waals surface area contributed by atoms with Crippen molar-refractivity contribution in [3.05, 3.63) is 47.8 Å². The predicted molar refractivity (Wildman–Crippen MR) is 154 cm³/mol. The van der Waals surface area contributed by atoms with Gasteiger partial charge in [-0.1, -0.05) is 24.3 Å². The molecule has 0 bridgehead atoms. The van der Waals surface area contributed by atoms with Gasteiger partial charge in [0.05, 0.1) is 11.7 Å². The van der Waals surface area contributed by atoms with Crippen molar-refractivity contribution in [1.82, 2.24) is 19.8 Å². The van der Waals surface area contributed by atoms with Crippen LogP contribution in [0.5, 0.6) is 0 Å². The molecule has 3 aliphatic rings. The number of rotatable bonds is 7. The number of ketones is 1. The third-order valence-electron chi connectivity index (χ3n) is 8.34. The zero-order valence-electron chi connectivity index (χ0n) is 24.4. The highest BCUT2D eigenvalue weighted by Crippen LogP contribution is 2.34. The number of hydrogen-bond acceptors (Lipinski definition) is 7. The molecule has 9 nitrogen and oxygen atoms in total. The molecule has 1 aliphatic heterocycles. The number of Topliss-reactive ketones (excluding diaryl/α,β-unsaturated/α-hetero) is 1. The van der Waals surface area contributed by atoms with E-state index >= 15 is 0 Å². The van der Waals surface area contributed by atoms with Crippen LogP contribution in [0.3, 0.4) is 0 Å². The summed E-state index contributed by atoms with van der Waals surface area (Å²) in [5.41, 5.74) is 1.38. The number of piperidine rings is 1. The van der Waals surface area contributed by atoms with Crippen LogP contribution >= 0.6 is 0 Å². The smallest absolute Gasteiger partial charge is 0.410 e. The van der Waals surface area contributed by atoms with Gasteiger partial charge in [-0.05, 0) is 78.1 Å². The highest BCUT2D eigenvalue weighted by atomic mass is 16.6. The molecule has 1 N–H and O–H groups in total. The van der Waals surface area contributed by atoms with Crippen LogP contribution in [0.1, 0.15) is 99.3 Å². The molecule has 9 heteroatoms. The molecule has 0 spiro atoms. The second-order valence-electron chi connectivity index (χ2n) is 12.8. The van der Waals surface area contributed by atoms with Gasteiger partial charge in [-0.3, -0.25) is 9.59 Å². The molecule has 1 aromatic carbocycles. The summed E-state index contributed by atoms with van der Waals surface area (Å²) in [4.78, 5) is 51.5. The first-order valence-corrected chi connectivity index (χ1v) is 15.0. The van der Waals surface area contributed by atoms with Crippen molar-refractivity contribution >= 4 is 17.8 Å². The Morgan fingerprint density at radius 1 is 0.878 bits per heavy atom. The molecule has 2 aliphatic carbocycles. The maximum absolute atomic E-state index is 13.6. The van der Waals surface area contributed by atoms with Crippen molar-refractivity contribution in [3.8, 4) is 11.4 Å². The van der Waals surface area contributed by atoms with E-state index in [1.54, 1.807) is 17.3 Å². The molecule has 3 fully saturated rings. The van der Waals surface area contributed by atoms with Crippen LogP contribution in [-0.4, -0.2) is 79.5 Å². The molecule has 2 aromatic rings. The molecular weight excluding hydrogens is 520 g/mol. The minimum Gasteiger partial charge on any atom is -0.444 e. The third kappa shape index (κ3) is 7.50. The van der Waals surface area contributed by atoms with Crippen LogP contribution in [0.4, 0.5) is 4.79 Å². The molecule has 0 atom stereocenters. The van der Waals surface area contributed by atoms with Crippen molar-refractivity contribution in [2.45, 2.75) is 102 Å². The number of likely N-dealkylation sites (tertiary alicyclic amines) is 1. The van der Waals surface area contributed by atoms with E-state index in [0.717, 1.165) is 44.1 Å². The lowest BCUT2D eigenvalue weighted by atomic mass is 9.83. The Bertz CT molecular complexity index is 1220. The van der Waals surface area contributed by atoms with E-state index in [4.69, 9.17) is 4.74 Å². The maximum Gasteiger partial charge on any atom is 0.410 e. The average Bonchev–Trinajstić information content (AvgIpc) is 3.79. The van der Waals surface area contributed by atoms with Gasteiger partial charge in [0.15, 0.2) is 11.6 Å². The van der Waals surface area contributed by atoms with Gasteiger partial charge in [0.1, 0.15) is 5.60 Å². The summed E-state index contributed by atoms with van der Waals surface area (Å²) < 4.78 is 5.51. The third-order valence-corrected chi connectivity index (χ3v) is 8.34. The Labute approximate surface area is 242 Å². The number of aliphatic hydroxyl groups excluding tert-OH is 1. The van der Waals surface area contributed by atoms with Crippen molar-refractivity contribution in [1.29, 1.82) is 0 Å². The SMILES string of the molecule is CC(C)(C)OC(=O)N1CCC(N(C(=O)c2cnc(-c3ccc(C(=O)CC4CCC(O)CC4)cc3)nc2)C2CC2)CC1. The summed E-state index contributed by atoms with van der Waals surface area (Å²) in [6.07, 6.45) is 9.93. The summed E-state index contributed by atoms with van der Waals surface area (Å²) in [5, 5.41) is 9.70. The summed E-state index contributed by atoms with van der Waals surface area (Å²) in [7, 11) is 0. The van der Waals surface area contributed by atoms with Crippen LogP contribution in [0.2, 0.25) is 0 Å². The second-order valence-corrected chi connectivity index (χ2v) is 12.8. The minimum atomic E-state index is -0.532. The first-order chi connectivity index (χ1) is 19.6. The zero-order chi connectivity index (χ0) is 29.1. The van der Waals surface area contributed by atoms with Gasteiger partial charge >= 0.3 is 6.09 Å². The Morgan fingerprint density at radius 2 is 1.46 bits per heavy atom. The molecular formula is C32H42N4O5. The van der Waals surface area contributed by atoms with Gasteiger partial charge in [0, 0.05) is 55.1 Å². The van der Waals surface area contributed by atoms with E-state index in [2.05, 4.69) is 9.97 Å². The molecule has 0 radical (unpaired) electrons. The van der Waals surface area contributed by atoms with Crippen LogP contribution in [-0.2, 0) is 4.74 Å². The molecule has 5 rings (SSSR count). The number of aromatic nitrogens is 2. The fourth-order valence-corrected chi connectivity index (χ4v) is 5.91. The monoisotopic (exact) mass is 562 g/mol.